The van der Waals surface area contributed by atoms with E-state index in [-0.39, 0.29) is 12.5 Å². The molecule has 0 aromatic rings. The molecule has 0 saturated carbocycles. The third-order valence-electron chi connectivity index (χ3n) is 10.6. The van der Waals surface area contributed by atoms with E-state index in [1.54, 1.807) is 0 Å². The zero-order chi connectivity index (χ0) is 36.6. The van der Waals surface area contributed by atoms with Crippen molar-refractivity contribution in [2.24, 2.45) is 0 Å². The van der Waals surface area contributed by atoms with Gasteiger partial charge in [0.1, 0.15) is 6.10 Å². The van der Waals surface area contributed by atoms with Crippen molar-refractivity contribution in [2.45, 2.75) is 263 Å². The summed E-state index contributed by atoms with van der Waals surface area (Å²) >= 11 is 0. The van der Waals surface area contributed by atoms with E-state index in [2.05, 4.69) is 31.3 Å². The maximum Gasteiger partial charge on any atom is 0.220 e. The van der Waals surface area contributed by atoms with Gasteiger partial charge < -0.3 is 20.6 Å². The van der Waals surface area contributed by atoms with Gasteiger partial charge in [0.15, 0.2) is 0 Å². The summed E-state index contributed by atoms with van der Waals surface area (Å²) in [4.78, 5) is 12.4. The zero-order valence-corrected chi connectivity index (χ0v) is 33.8. The number of amides is 1. The summed E-state index contributed by atoms with van der Waals surface area (Å²) in [7, 11) is 0. The van der Waals surface area contributed by atoms with Crippen LogP contribution >= 0.6 is 0 Å². The third-order valence-corrected chi connectivity index (χ3v) is 10.6. The number of rotatable bonds is 41. The highest BCUT2D eigenvalue weighted by Crippen LogP contribution is 2.17. The Morgan fingerprint density at radius 2 is 0.800 bits per heavy atom. The molecular weight excluding hydrogens is 618 g/mol. The lowest BCUT2D eigenvalue weighted by molar-refractivity contribution is -0.124. The average Bonchev–Trinajstić information content (AvgIpc) is 3.12. The number of aliphatic hydroxyl groups is 3. The molecule has 0 spiro atoms. The van der Waals surface area contributed by atoms with Gasteiger partial charge in [-0.25, -0.2) is 0 Å². The molecule has 0 aromatic carbocycles. The first kappa shape index (κ1) is 49.1. The Kier molecular flexibility index (Phi) is 40.1. The standard InChI is InChI=1S/C45H89NO4/c1-3-5-7-9-11-13-15-17-18-19-20-21-22-23-24-25-26-28-29-31-33-35-37-39-43(48)45(50)42(41-47)46-44(49)40-38-36-34-32-30-27-16-14-12-10-8-6-4-2/h27,30,42-43,45,47-48,50H,3-26,28-29,31-41H2,1-2H3,(H,46,49)/b30-27-. The Labute approximate surface area is 312 Å². The molecule has 0 aliphatic heterocycles. The molecule has 0 saturated heterocycles. The predicted octanol–water partition coefficient (Wildman–Crippen LogP) is 12.8. The average molecular weight is 708 g/mol. The summed E-state index contributed by atoms with van der Waals surface area (Å²) in [5.41, 5.74) is 0. The van der Waals surface area contributed by atoms with Crippen molar-refractivity contribution >= 4 is 5.91 Å². The van der Waals surface area contributed by atoms with E-state index in [1.165, 1.54) is 173 Å². The first-order valence-corrected chi connectivity index (χ1v) is 22.5. The lowest BCUT2D eigenvalue weighted by atomic mass is 9.99. The molecule has 5 heteroatoms. The second-order valence-corrected chi connectivity index (χ2v) is 15.6. The molecule has 0 aliphatic carbocycles. The molecule has 4 N–H and O–H groups in total. The van der Waals surface area contributed by atoms with Crippen LogP contribution in [0.1, 0.15) is 245 Å². The van der Waals surface area contributed by atoms with Crippen LogP contribution in [0.15, 0.2) is 12.2 Å². The van der Waals surface area contributed by atoms with Crippen LogP contribution in [0, 0.1) is 0 Å². The van der Waals surface area contributed by atoms with Crippen LogP contribution in [0.25, 0.3) is 0 Å². The number of hydrogen-bond acceptors (Lipinski definition) is 4. The number of hydrogen-bond donors (Lipinski definition) is 4. The molecule has 50 heavy (non-hydrogen) atoms. The van der Waals surface area contributed by atoms with Crippen LogP contribution in [0.5, 0.6) is 0 Å². The first-order chi connectivity index (χ1) is 24.6. The smallest absolute Gasteiger partial charge is 0.220 e. The second kappa shape index (κ2) is 40.9. The zero-order valence-electron chi connectivity index (χ0n) is 33.8. The van der Waals surface area contributed by atoms with Crippen molar-refractivity contribution in [3.8, 4) is 0 Å². The monoisotopic (exact) mass is 708 g/mol. The van der Waals surface area contributed by atoms with Crippen LogP contribution in [0.4, 0.5) is 0 Å². The maximum absolute atomic E-state index is 12.4. The van der Waals surface area contributed by atoms with E-state index in [0.717, 1.165) is 44.9 Å². The van der Waals surface area contributed by atoms with Gasteiger partial charge in [0.25, 0.3) is 0 Å². The van der Waals surface area contributed by atoms with Gasteiger partial charge in [-0.3, -0.25) is 4.79 Å². The van der Waals surface area contributed by atoms with Crippen LogP contribution in [0.3, 0.4) is 0 Å². The van der Waals surface area contributed by atoms with E-state index in [0.29, 0.717) is 12.8 Å². The van der Waals surface area contributed by atoms with Crippen LogP contribution in [-0.4, -0.2) is 46.1 Å². The third kappa shape index (κ3) is 35.5. The number of aliphatic hydroxyl groups excluding tert-OH is 3. The summed E-state index contributed by atoms with van der Waals surface area (Å²) in [6.45, 7) is 4.17. The molecule has 0 radical (unpaired) electrons. The molecule has 298 valence electrons. The van der Waals surface area contributed by atoms with Gasteiger partial charge in [0.05, 0.1) is 18.8 Å². The van der Waals surface area contributed by atoms with Crippen LogP contribution in [0.2, 0.25) is 0 Å². The van der Waals surface area contributed by atoms with Crippen molar-refractivity contribution in [3.05, 3.63) is 12.2 Å². The first-order valence-electron chi connectivity index (χ1n) is 22.5. The van der Waals surface area contributed by atoms with Crippen molar-refractivity contribution in [1.82, 2.24) is 5.32 Å². The Bertz CT molecular complexity index is 699. The SMILES string of the molecule is CCCCCCCC/C=C\CCCCCC(=O)NC(CO)C(O)C(O)CCCCCCCCCCCCCCCCCCCCCCCCC. The van der Waals surface area contributed by atoms with E-state index >= 15 is 0 Å². The summed E-state index contributed by atoms with van der Waals surface area (Å²) < 4.78 is 0. The van der Waals surface area contributed by atoms with Gasteiger partial charge in [0, 0.05) is 6.42 Å². The Balaban J connectivity index is 3.57. The van der Waals surface area contributed by atoms with Gasteiger partial charge in [-0.05, 0) is 38.5 Å². The predicted molar refractivity (Wildman–Crippen MR) is 218 cm³/mol. The number of carbonyl (C=O) groups is 1. The molecule has 0 heterocycles. The van der Waals surface area contributed by atoms with Gasteiger partial charge >= 0.3 is 0 Å². The van der Waals surface area contributed by atoms with Gasteiger partial charge in [-0.2, -0.15) is 0 Å². The van der Waals surface area contributed by atoms with E-state index in [4.69, 9.17) is 0 Å². The van der Waals surface area contributed by atoms with Gasteiger partial charge in [-0.15, -0.1) is 0 Å². The summed E-state index contributed by atoms with van der Waals surface area (Å²) in [6, 6.07) is -0.813. The van der Waals surface area contributed by atoms with Gasteiger partial charge in [0.2, 0.25) is 5.91 Å². The minimum Gasteiger partial charge on any atom is -0.394 e. The van der Waals surface area contributed by atoms with Crippen molar-refractivity contribution in [1.29, 1.82) is 0 Å². The van der Waals surface area contributed by atoms with Gasteiger partial charge in [-0.1, -0.05) is 212 Å². The van der Waals surface area contributed by atoms with E-state index < -0.39 is 18.2 Å². The summed E-state index contributed by atoms with van der Waals surface area (Å²) in [6.07, 6.45) is 47.6. The lowest BCUT2D eigenvalue weighted by Crippen LogP contribution is -2.50. The molecule has 0 aromatic heterocycles. The Morgan fingerprint density at radius 1 is 0.480 bits per heavy atom. The van der Waals surface area contributed by atoms with Crippen molar-refractivity contribution in [3.63, 3.8) is 0 Å². The number of nitrogens with one attached hydrogen (secondary N) is 1. The van der Waals surface area contributed by atoms with Crippen LogP contribution in [-0.2, 0) is 4.79 Å². The molecular formula is C45H89NO4. The molecule has 0 bridgehead atoms. The fourth-order valence-corrected chi connectivity index (χ4v) is 7.10. The summed E-state index contributed by atoms with van der Waals surface area (Å²) in [5, 5.41) is 33.5. The number of carbonyl (C=O) groups excluding carboxylic acids is 1. The molecule has 0 aliphatic rings. The highest BCUT2D eigenvalue weighted by Gasteiger charge is 2.26. The maximum atomic E-state index is 12.4. The van der Waals surface area contributed by atoms with Crippen molar-refractivity contribution < 1.29 is 20.1 Å². The highest BCUT2D eigenvalue weighted by molar-refractivity contribution is 5.76. The largest absolute Gasteiger partial charge is 0.394 e. The molecule has 3 unspecified atom stereocenters. The highest BCUT2D eigenvalue weighted by atomic mass is 16.3. The Hall–Kier alpha value is -0.910. The number of allylic oxidation sites excluding steroid dienone is 2. The normalized spacial score (nSPS) is 13.6. The van der Waals surface area contributed by atoms with E-state index in [1.807, 2.05) is 0 Å². The quantitative estimate of drug-likeness (QED) is 0.0376. The topological polar surface area (TPSA) is 89.8 Å². The minimum absolute atomic E-state index is 0.159. The molecule has 5 nitrogen and oxygen atoms in total. The molecule has 3 atom stereocenters. The molecule has 1 amide bonds. The van der Waals surface area contributed by atoms with Crippen LogP contribution < -0.4 is 5.32 Å². The molecule has 0 rings (SSSR count). The van der Waals surface area contributed by atoms with Crippen molar-refractivity contribution in [2.75, 3.05) is 6.61 Å². The fraction of sp³-hybridized carbons (Fsp3) is 0.933. The minimum atomic E-state index is -1.14. The fourth-order valence-electron chi connectivity index (χ4n) is 7.10. The number of unbranched alkanes of at least 4 members (excludes halogenated alkanes) is 31. The second-order valence-electron chi connectivity index (χ2n) is 15.6. The van der Waals surface area contributed by atoms with E-state index in [9.17, 15) is 20.1 Å². The summed E-state index contributed by atoms with van der Waals surface area (Å²) in [5.74, 6) is -0.159. The lowest BCUT2D eigenvalue weighted by Gasteiger charge is -2.26. The Morgan fingerprint density at radius 3 is 1.16 bits per heavy atom. The molecule has 0 fully saturated rings.